The molecular formula is C26H44N2O4. The van der Waals surface area contributed by atoms with Crippen molar-refractivity contribution >= 4 is 12.1 Å². The number of ether oxygens (including phenoxy) is 2. The van der Waals surface area contributed by atoms with Crippen molar-refractivity contribution < 1.29 is 19.1 Å². The van der Waals surface area contributed by atoms with E-state index in [-0.39, 0.29) is 25.1 Å². The molecule has 1 amide bonds. The SMILES string of the molecule is CCCCCCCCCC(Cc1ccccc1)NCCNC(=O)OCCOC(=O)C(C)C. The summed E-state index contributed by atoms with van der Waals surface area (Å²) in [6.07, 6.45) is 10.8. The van der Waals surface area contributed by atoms with Crippen LogP contribution in [-0.2, 0) is 20.7 Å². The molecule has 0 radical (unpaired) electrons. The van der Waals surface area contributed by atoms with Crippen LogP contribution in [0, 0.1) is 5.92 Å². The standard InChI is InChI=1S/C26H44N2O4/c1-4-5-6-7-8-9-13-16-24(21-23-14-11-10-12-15-23)27-17-18-28-26(30)32-20-19-31-25(29)22(2)3/h10-12,14-15,22,24,27H,4-9,13,16-21H2,1-3H3,(H,28,30). The van der Waals surface area contributed by atoms with Crippen molar-refractivity contribution in [2.75, 3.05) is 26.3 Å². The molecule has 0 saturated heterocycles. The van der Waals surface area contributed by atoms with Crippen molar-refractivity contribution in [2.45, 2.75) is 84.6 Å². The Morgan fingerprint density at radius 1 is 0.875 bits per heavy atom. The van der Waals surface area contributed by atoms with Gasteiger partial charge in [0, 0.05) is 19.1 Å². The molecule has 6 nitrogen and oxygen atoms in total. The Morgan fingerprint density at radius 3 is 2.22 bits per heavy atom. The first-order valence-corrected chi connectivity index (χ1v) is 12.4. The highest BCUT2D eigenvalue weighted by atomic mass is 16.6. The van der Waals surface area contributed by atoms with Gasteiger partial charge >= 0.3 is 12.1 Å². The van der Waals surface area contributed by atoms with Crippen molar-refractivity contribution in [1.82, 2.24) is 10.6 Å². The van der Waals surface area contributed by atoms with Gasteiger partial charge in [-0.1, -0.05) is 96.0 Å². The van der Waals surface area contributed by atoms with Crippen LogP contribution in [0.1, 0.15) is 77.7 Å². The average molecular weight is 449 g/mol. The van der Waals surface area contributed by atoms with Gasteiger partial charge in [-0.25, -0.2) is 4.79 Å². The lowest BCUT2D eigenvalue weighted by molar-refractivity contribution is -0.148. The van der Waals surface area contributed by atoms with Crippen LogP contribution in [0.3, 0.4) is 0 Å². The van der Waals surface area contributed by atoms with Gasteiger partial charge in [0.15, 0.2) is 0 Å². The fourth-order valence-electron chi connectivity index (χ4n) is 3.46. The molecule has 182 valence electrons. The highest BCUT2D eigenvalue weighted by Gasteiger charge is 2.11. The second kappa shape index (κ2) is 18.5. The monoisotopic (exact) mass is 448 g/mol. The van der Waals surface area contributed by atoms with E-state index < -0.39 is 6.09 Å². The van der Waals surface area contributed by atoms with Gasteiger partial charge in [0.2, 0.25) is 0 Å². The molecule has 2 N–H and O–H groups in total. The van der Waals surface area contributed by atoms with Gasteiger partial charge in [0.05, 0.1) is 5.92 Å². The van der Waals surface area contributed by atoms with Crippen LogP contribution in [0.25, 0.3) is 0 Å². The molecule has 1 rings (SSSR count). The Balaban J connectivity index is 2.23. The lowest BCUT2D eigenvalue weighted by Crippen LogP contribution is -2.38. The van der Waals surface area contributed by atoms with Gasteiger partial charge in [0.1, 0.15) is 13.2 Å². The smallest absolute Gasteiger partial charge is 0.407 e. The van der Waals surface area contributed by atoms with Gasteiger partial charge in [-0.2, -0.15) is 0 Å². The summed E-state index contributed by atoms with van der Waals surface area (Å²) in [6, 6.07) is 10.9. The van der Waals surface area contributed by atoms with Crippen LogP contribution < -0.4 is 10.6 Å². The average Bonchev–Trinajstić information content (AvgIpc) is 2.79. The topological polar surface area (TPSA) is 76.7 Å². The Morgan fingerprint density at radius 2 is 1.53 bits per heavy atom. The molecule has 0 heterocycles. The van der Waals surface area contributed by atoms with Gasteiger partial charge in [-0.15, -0.1) is 0 Å². The Bertz CT molecular complexity index is 607. The minimum atomic E-state index is -0.487. The third-order valence-corrected chi connectivity index (χ3v) is 5.34. The van der Waals surface area contributed by atoms with E-state index in [0.717, 1.165) is 12.8 Å². The van der Waals surface area contributed by atoms with Crippen molar-refractivity contribution in [1.29, 1.82) is 0 Å². The number of benzene rings is 1. The third-order valence-electron chi connectivity index (χ3n) is 5.34. The Kier molecular flexibility index (Phi) is 16.1. The van der Waals surface area contributed by atoms with E-state index in [2.05, 4.69) is 41.8 Å². The Labute approximate surface area is 194 Å². The molecule has 1 unspecified atom stereocenters. The maximum Gasteiger partial charge on any atom is 0.407 e. The van der Waals surface area contributed by atoms with Crippen LogP contribution in [0.4, 0.5) is 4.79 Å². The predicted molar refractivity (Wildman–Crippen MR) is 130 cm³/mol. The first-order chi connectivity index (χ1) is 15.5. The molecule has 32 heavy (non-hydrogen) atoms. The van der Waals surface area contributed by atoms with Gasteiger partial charge in [-0.05, 0) is 18.4 Å². The summed E-state index contributed by atoms with van der Waals surface area (Å²) in [7, 11) is 0. The van der Waals surface area contributed by atoms with Gasteiger partial charge in [0.25, 0.3) is 0 Å². The normalized spacial score (nSPS) is 11.9. The second-order valence-corrected chi connectivity index (χ2v) is 8.64. The van der Waals surface area contributed by atoms with Gasteiger partial charge < -0.3 is 20.1 Å². The van der Waals surface area contributed by atoms with E-state index in [1.54, 1.807) is 13.8 Å². The number of alkyl carbamates (subject to hydrolysis) is 1. The number of carbonyl (C=O) groups excluding carboxylic acids is 2. The number of unbranched alkanes of at least 4 members (excludes halogenated alkanes) is 6. The fourth-order valence-corrected chi connectivity index (χ4v) is 3.46. The fraction of sp³-hybridized carbons (Fsp3) is 0.692. The second-order valence-electron chi connectivity index (χ2n) is 8.64. The first kappa shape index (κ1) is 28.0. The van der Waals surface area contributed by atoms with Crippen LogP contribution >= 0.6 is 0 Å². The molecule has 0 bridgehead atoms. The summed E-state index contributed by atoms with van der Waals surface area (Å²) in [5, 5.41) is 6.33. The maximum atomic E-state index is 11.8. The zero-order valence-corrected chi connectivity index (χ0v) is 20.4. The van der Waals surface area contributed by atoms with Crippen molar-refractivity contribution in [3.05, 3.63) is 35.9 Å². The van der Waals surface area contributed by atoms with E-state index in [1.807, 2.05) is 6.07 Å². The van der Waals surface area contributed by atoms with E-state index in [0.29, 0.717) is 19.1 Å². The minimum Gasteiger partial charge on any atom is -0.462 e. The number of hydrogen-bond donors (Lipinski definition) is 2. The number of nitrogens with one attached hydrogen (secondary N) is 2. The quantitative estimate of drug-likeness (QED) is 0.237. The van der Waals surface area contributed by atoms with Gasteiger partial charge in [-0.3, -0.25) is 4.79 Å². The summed E-state index contributed by atoms with van der Waals surface area (Å²) in [6.45, 7) is 7.10. The van der Waals surface area contributed by atoms with Crippen LogP contribution in [0.5, 0.6) is 0 Å². The lowest BCUT2D eigenvalue weighted by atomic mass is 9.99. The van der Waals surface area contributed by atoms with Crippen molar-refractivity contribution in [3.8, 4) is 0 Å². The predicted octanol–water partition coefficient (Wildman–Crippen LogP) is 5.25. The number of esters is 1. The third kappa shape index (κ3) is 14.8. The molecule has 1 aromatic carbocycles. The molecule has 1 atom stereocenters. The molecule has 0 saturated carbocycles. The van der Waals surface area contributed by atoms with Crippen LogP contribution in [0.2, 0.25) is 0 Å². The number of amides is 1. The highest BCUT2D eigenvalue weighted by Crippen LogP contribution is 2.12. The molecule has 0 fully saturated rings. The van der Waals surface area contributed by atoms with E-state index in [4.69, 9.17) is 9.47 Å². The van der Waals surface area contributed by atoms with Crippen LogP contribution in [-0.4, -0.2) is 44.4 Å². The Hall–Kier alpha value is -2.08. The summed E-state index contributed by atoms with van der Waals surface area (Å²) in [5.41, 5.74) is 1.33. The molecular weight excluding hydrogens is 404 g/mol. The molecule has 0 spiro atoms. The highest BCUT2D eigenvalue weighted by molar-refractivity contribution is 5.71. The molecule has 6 heteroatoms. The molecule has 0 aliphatic heterocycles. The lowest BCUT2D eigenvalue weighted by Gasteiger charge is -2.19. The molecule has 1 aromatic rings. The van der Waals surface area contributed by atoms with Crippen molar-refractivity contribution in [3.63, 3.8) is 0 Å². The largest absolute Gasteiger partial charge is 0.462 e. The summed E-state index contributed by atoms with van der Waals surface area (Å²) < 4.78 is 10.0. The molecule has 0 aromatic heterocycles. The molecule has 0 aliphatic rings. The number of carbonyl (C=O) groups is 2. The number of hydrogen-bond acceptors (Lipinski definition) is 5. The number of rotatable bonds is 18. The summed E-state index contributed by atoms with van der Waals surface area (Å²) in [5.74, 6) is -0.469. The minimum absolute atomic E-state index is 0.0621. The van der Waals surface area contributed by atoms with E-state index >= 15 is 0 Å². The summed E-state index contributed by atoms with van der Waals surface area (Å²) in [4.78, 5) is 23.1. The van der Waals surface area contributed by atoms with Crippen molar-refractivity contribution in [2.24, 2.45) is 5.92 Å². The first-order valence-electron chi connectivity index (χ1n) is 12.4. The maximum absolute atomic E-state index is 11.8. The summed E-state index contributed by atoms with van der Waals surface area (Å²) >= 11 is 0. The zero-order valence-electron chi connectivity index (χ0n) is 20.4. The van der Waals surface area contributed by atoms with Crippen LogP contribution in [0.15, 0.2) is 30.3 Å². The van der Waals surface area contributed by atoms with E-state index in [9.17, 15) is 9.59 Å². The molecule has 0 aliphatic carbocycles. The zero-order chi connectivity index (χ0) is 23.4. The van der Waals surface area contributed by atoms with E-state index in [1.165, 1.54) is 50.5 Å².